The summed E-state index contributed by atoms with van der Waals surface area (Å²) in [5, 5.41) is 2.07. The number of hydrogen-bond donors (Lipinski definition) is 1. The van der Waals surface area contributed by atoms with Crippen LogP contribution in [-0.4, -0.2) is 23.4 Å². The molecule has 0 spiro atoms. The van der Waals surface area contributed by atoms with Gasteiger partial charge in [0.25, 0.3) is 0 Å². The van der Waals surface area contributed by atoms with Crippen molar-refractivity contribution in [3.05, 3.63) is 21.9 Å². The number of aryl methyl sites for hydroxylation is 1. The number of hydrogen-bond acceptors (Lipinski definition) is 3. The molecule has 1 aromatic rings. The standard InChI is InChI=1S/C14H22N2OS/c1-11-6-9-18-12(11)10-16(2)13(17)14(15)7-4-3-5-8-14/h6,9H,3-5,7-8,10,15H2,1-2H3. The Bertz CT molecular complexity index is 421. The average Bonchev–Trinajstić information content (AvgIpc) is 2.75. The van der Waals surface area contributed by atoms with Gasteiger partial charge in [-0.1, -0.05) is 19.3 Å². The predicted octanol–water partition coefficient (Wildman–Crippen LogP) is 2.68. The first kappa shape index (κ1) is 13.6. The highest BCUT2D eigenvalue weighted by atomic mass is 32.1. The highest BCUT2D eigenvalue weighted by Crippen LogP contribution is 2.28. The summed E-state index contributed by atoms with van der Waals surface area (Å²) in [6, 6.07) is 2.09. The Labute approximate surface area is 113 Å². The van der Waals surface area contributed by atoms with Crippen molar-refractivity contribution in [2.45, 2.75) is 51.1 Å². The fourth-order valence-corrected chi connectivity index (χ4v) is 3.59. The average molecular weight is 266 g/mol. The van der Waals surface area contributed by atoms with Gasteiger partial charge in [-0.3, -0.25) is 4.79 Å². The molecule has 1 saturated carbocycles. The summed E-state index contributed by atoms with van der Waals surface area (Å²) < 4.78 is 0. The number of likely N-dealkylation sites (N-methyl/N-ethyl adjacent to an activating group) is 1. The SMILES string of the molecule is Cc1ccsc1CN(C)C(=O)C1(N)CCCCC1. The van der Waals surface area contributed by atoms with Gasteiger partial charge >= 0.3 is 0 Å². The monoisotopic (exact) mass is 266 g/mol. The van der Waals surface area contributed by atoms with E-state index in [1.807, 2.05) is 7.05 Å². The molecule has 100 valence electrons. The summed E-state index contributed by atoms with van der Waals surface area (Å²) in [6.07, 6.45) is 5.03. The molecule has 2 N–H and O–H groups in total. The van der Waals surface area contributed by atoms with E-state index in [1.54, 1.807) is 16.2 Å². The third-order valence-corrected chi connectivity index (χ3v) is 4.88. The second kappa shape index (κ2) is 5.41. The summed E-state index contributed by atoms with van der Waals surface area (Å²) in [4.78, 5) is 15.5. The van der Waals surface area contributed by atoms with Crippen molar-refractivity contribution in [1.29, 1.82) is 0 Å². The first-order valence-corrected chi connectivity index (χ1v) is 7.48. The highest BCUT2D eigenvalue weighted by molar-refractivity contribution is 7.10. The van der Waals surface area contributed by atoms with Crippen LogP contribution in [0.2, 0.25) is 0 Å². The van der Waals surface area contributed by atoms with Crippen molar-refractivity contribution in [2.75, 3.05) is 7.05 Å². The van der Waals surface area contributed by atoms with Gasteiger partial charge in [-0.25, -0.2) is 0 Å². The number of amides is 1. The van der Waals surface area contributed by atoms with E-state index in [4.69, 9.17) is 5.73 Å². The molecule has 18 heavy (non-hydrogen) atoms. The summed E-state index contributed by atoms with van der Waals surface area (Å²) in [6.45, 7) is 2.77. The zero-order chi connectivity index (χ0) is 13.2. The molecule has 1 aliphatic rings. The van der Waals surface area contributed by atoms with Crippen LogP contribution < -0.4 is 5.73 Å². The van der Waals surface area contributed by atoms with E-state index in [0.29, 0.717) is 6.54 Å². The van der Waals surface area contributed by atoms with E-state index in [2.05, 4.69) is 18.4 Å². The highest BCUT2D eigenvalue weighted by Gasteiger charge is 2.37. The molecule has 0 radical (unpaired) electrons. The molecule has 0 aromatic carbocycles. The van der Waals surface area contributed by atoms with Crippen molar-refractivity contribution >= 4 is 17.2 Å². The summed E-state index contributed by atoms with van der Waals surface area (Å²) in [5.41, 5.74) is 6.93. The Morgan fingerprint density at radius 2 is 2.11 bits per heavy atom. The second-order valence-electron chi connectivity index (χ2n) is 5.40. The van der Waals surface area contributed by atoms with Crippen LogP contribution in [0, 0.1) is 6.92 Å². The van der Waals surface area contributed by atoms with Gasteiger partial charge < -0.3 is 10.6 Å². The normalized spacial score (nSPS) is 18.6. The van der Waals surface area contributed by atoms with E-state index in [-0.39, 0.29) is 5.91 Å². The largest absolute Gasteiger partial charge is 0.339 e. The number of rotatable bonds is 3. The Morgan fingerprint density at radius 1 is 1.44 bits per heavy atom. The smallest absolute Gasteiger partial charge is 0.242 e. The van der Waals surface area contributed by atoms with Gasteiger partial charge in [-0.2, -0.15) is 0 Å². The van der Waals surface area contributed by atoms with Crippen LogP contribution in [0.15, 0.2) is 11.4 Å². The molecule has 2 rings (SSSR count). The lowest BCUT2D eigenvalue weighted by Crippen LogP contribution is -2.55. The molecule has 1 aliphatic carbocycles. The lowest BCUT2D eigenvalue weighted by molar-refractivity contribution is -0.137. The maximum Gasteiger partial charge on any atom is 0.242 e. The predicted molar refractivity (Wildman–Crippen MR) is 75.5 cm³/mol. The van der Waals surface area contributed by atoms with Gasteiger partial charge in [0.2, 0.25) is 5.91 Å². The van der Waals surface area contributed by atoms with Crippen molar-refractivity contribution in [1.82, 2.24) is 4.90 Å². The Morgan fingerprint density at radius 3 is 2.67 bits per heavy atom. The molecule has 4 heteroatoms. The Hall–Kier alpha value is -0.870. The number of carbonyl (C=O) groups excluding carboxylic acids is 1. The fraction of sp³-hybridized carbons (Fsp3) is 0.643. The van der Waals surface area contributed by atoms with Gasteiger partial charge in [-0.05, 0) is 36.8 Å². The van der Waals surface area contributed by atoms with Crippen LogP contribution in [0.4, 0.5) is 0 Å². The zero-order valence-electron chi connectivity index (χ0n) is 11.2. The molecule has 1 amide bonds. The molecule has 0 saturated heterocycles. The second-order valence-corrected chi connectivity index (χ2v) is 6.41. The van der Waals surface area contributed by atoms with Gasteiger partial charge in [-0.15, -0.1) is 11.3 Å². The third-order valence-electron chi connectivity index (χ3n) is 3.87. The van der Waals surface area contributed by atoms with E-state index in [0.717, 1.165) is 25.7 Å². The van der Waals surface area contributed by atoms with Gasteiger partial charge in [0, 0.05) is 11.9 Å². The minimum atomic E-state index is -0.613. The molecule has 0 atom stereocenters. The van der Waals surface area contributed by atoms with Gasteiger partial charge in [0.15, 0.2) is 0 Å². The van der Waals surface area contributed by atoms with Gasteiger partial charge in [0.05, 0.1) is 12.1 Å². The van der Waals surface area contributed by atoms with Crippen LogP contribution in [0.25, 0.3) is 0 Å². The third kappa shape index (κ3) is 2.75. The van der Waals surface area contributed by atoms with E-state index < -0.39 is 5.54 Å². The summed E-state index contributed by atoms with van der Waals surface area (Å²) in [7, 11) is 1.87. The minimum Gasteiger partial charge on any atom is -0.339 e. The molecule has 3 nitrogen and oxygen atoms in total. The minimum absolute atomic E-state index is 0.106. The van der Waals surface area contributed by atoms with Crippen LogP contribution in [0.5, 0.6) is 0 Å². The van der Waals surface area contributed by atoms with Crippen LogP contribution in [0.1, 0.15) is 42.5 Å². The van der Waals surface area contributed by atoms with Crippen LogP contribution in [-0.2, 0) is 11.3 Å². The molecule has 0 bridgehead atoms. The topological polar surface area (TPSA) is 46.3 Å². The molecule has 1 heterocycles. The Balaban J connectivity index is 2.02. The van der Waals surface area contributed by atoms with Crippen molar-refractivity contribution in [3.8, 4) is 0 Å². The van der Waals surface area contributed by atoms with Crippen LogP contribution in [0.3, 0.4) is 0 Å². The Kier molecular flexibility index (Phi) is 4.07. The van der Waals surface area contributed by atoms with Crippen molar-refractivity contribution < 1.29 is 4.79 Å². The molecular formula is C14H22N2OS. The molecule has 1 aromatic heterocycles. The van der Waals surface area contributed by atoms with Gasteiger partial charge in [0.1, 0.15) is 0 Å². The quantitative estimate of drug-likeness (QED) is 0.914. The number of nitrogens with two attached hydrogens (primary N) is 1. The first-order valence-electron chi connectivity index (χ1n) is 6.60. The lowest BCUT2D eigenvalue weighted by Gasteiger charge is -2.35. The molecular weight excluding hydrogens is 244 g/mol. The van der Waals surface area contributed by atoms with Crippen molar-refractivity contribution in [3.63, 3.8) is 0 Å². The lowest BCUT2D eigenvalue weighted by atomic mass is 9.81. The van der Waals surface area contributed by atoms with E-state index in [9.17, 15) is 4.79 Å². The fourth-order valence-electron chi connectivity index (χ4n) is 2.63. The summed E-state index contributed by atoms with van der Waals surface area (Å²) in [5.74, 6) is 0.106. The first-order chi connectivity index (χ1) is 8.53. The maximum absolute atomic E-state index is 12.5. The number of carbonyl (C=O) groups is 1. The number of nitrogens with zero attached hydrogens (tertiary/aromatic N) is 1. The van der Waals surface area contributed by atoms with Crippen LogP contribution >= 0.6 is 11.3 Å². The van der Waals surface area contributed by atoms with E-state index >= 15 is 0 Å². The molecule has 0 unspecified atom stereocenters. The zero-order valence-corrected chi connectivity index (χ0v) is 12.1. The summed E-state index contributed by atoms with van der Waals surface area (Å²) >= 11 is 1.71. The van der Waals surface area contributed by atoms with Crippen molar-refractivity contribution in [2.24, 2.45) is 5.73 Å². The maximum atomic E-state index is 12.5. The van der Waals surface area contributed by atoms with E-state index in [1.165, 1.54) is 16.9 Å². The molecule has 1 fully saturated rings. The molecule has 0 aliphatic heterocycles. The number of thiophene rings is 1.